The molecule has 0 aromatic heterocycles. The molecule has 0 atom stereocenters. The maximum absolute atomic E-state index is 11.5. The first kappa shape index (κ1) is 11.3. The summed E-state index contributed by atoms with van der Waals surface area (Å²) >= 11 is 0. The molecule has 0 aromatic carbocycles. The number of hydrogen-bond donors (Lipinski definition) is 1. The minimum atomic E-state index is 0.148. The second-order valence-corrected chi connectivity index (χ2v) is 4.05. The lowest BCUT2D eigenvalue weighted by Gasteiger charge is -2.03. The molecule has 0 unspecified atom stereocenters. The number of aliphatic hydroxyl groups excluding tert-OH is 1. The Hall–Kier alpha value is -0.790. The summed E-state index contributed by atoms with van der Waals surface area (Å²) in [6.45, 7) is 0. The summed E-state index contributed by atoms with van der Waals surface area (Å²) in [4.78, 5) is 11.5. The quantitative estimate of drug-likeness (QED) is 0.475. The van der Waals surface area contributed by atoms with Gasteiger partial charge in [0.25, 0.3) is 0 Å². The van der Waals surface area contributed by atoms with Crippen LogP contribution in [0.5, 0.6) is 0 Å². The zero-order chi connectivity index (χ0) is 10.2. The molecule has 0 amide bonds. The summed E-state index contributed by atoms with van der Waals surface area (Å²) in [5, 5.41) is 8.93. The van der Waals surface area contributed by atoms with Crippen LogP contribution in [0, 0.1) is 0 Å². The smallest absolute Gasteiger partial charge is 0.161 e. The predicted molar refractivity (Wildman–Crippen MR) is 57.3 cm³/mol. The Kier molecular flexibility index (Phi) is 5.35. The third-order valence-electron chi connectivity index (χ3n) is 2.86. The van der Waals surface area contributed by atoms with Crippen molar-refractivity contribution in [3.63, 3.8) is 0 Å². The predicted octanol–water partition coefficient (Wildman–Crippen LogP) is 3.52. The fraction of sp³-hybridized carbons (Fsp3) is 0.750. The standard InChI is InChI=1S/C12H20O2/c13-10-11-8-6-4-2-1-3-5-7-9-12(11)14/h10,13H,1-9H2. The van der Waals surface area contributed by atoms with Gasteiger partial charge in [-0.25, -0.2) is 0 Å². The van der Waals surface area contributed by atoms with Crippen LogP contribution >= 0.6 is 0 Å². The molecule has 1 aliphatic rings. The van der Waals surface area contributed by atoms with Crippen molar-refractivity contribution in [3.05, 3.63) is 11.8 Å². The van der Waals surface area contributed by atoms with Crippen LogP contribution in [-0.4, -0.2) is 10.9 Å². The molecule has 2 heteroatoms. The number of allylic oxidation sites excluding steroid dienone is 1. The molecule has 1 aliphatic carbocycles. The Labute approximate surface area is 86.0 Å². The van der Waals surface area contributed by atoms with Gasteiger partial charge in [0.1, 0.15) is 0 Å². The van der Waals surface area contributed by atoms with E-state index in [1.165, 1.54) is 25.7 Å². The first-order valence-corrected chi connectivity index (χ1v) is 5.71. The summed E-state index contributed by atoms with van der Waals surface area (Å²) in [7, 11) is 0. The second-order valence-electron chi connectivity index (χ2n) is 4.05. The zero-order valence-corrected chi connectivity index (χ0v) is 8.80. The van der Waals surface area contributed by atoms with E-state index in [0.29, 0.717) is 12.0 Å². The molecular formula is C12H20O2. The van der Waals surface area contributed by atoms with Crippen molar-refractivity contribution < 1.29 is 9.90 Å². The summed E-state index contributed by atoms with van der Waals surface area (Å²) in [6.07, 6.45) is 10.6. The lowest BCUT2D eigenvalue weighted by Crippen LogP contribution is -2.02. The summed E-state index contributed by atoms with van der Waals surface area (Å²) < 4.78 is 0. The van der Waals surface area contributed by atoms with Crippen LogP contribution < -0.4 is 0 Å². The number of rotatable bonds is 0. The van der Waals surface area contributed by atoms with Crippen LogP contribution in [-0.2, 0) is 4.79 Å². The van der Waals surface area contributed by atoms with Crippen LogP contribution in [0.2, 0.25) is 0 Å². The second kappa shape index (κ2) is 6.63. The van der Waals surface area contributed by atoms with Gasteiger partial charge in [-0.2, -0.15) is 0 Å². The highest BCUT2D eigenvalue weighted by Gasteiger charge is 2.10. The number of carbonyl (C=O) groups is 1. The molecule has 0 bridgehead atoms. The minimum Gasteiger partial charge on any atom is -0.515 e. The molecule has 0 aliphatic heterocycles. The molecule has 0 spiro atoms. The van der Waals surface area contributed by atoms with Gasteiger partial charge in [-0.1, -0.05) is 32.1 Å². The Morgan fingerprint density at radius 3 is 1.93 bits per heavy atom. The van der Waals surface area contributed by atoms with E-state index in [2.05, 4.69) is 0 Å². The Bertz CT molecular complexity index is 206. The van der Waals surface area contributed by atoms with E-state index >= 15 is 0 Å². The molecule has 1 fully saturated rings. The highest BCUT2D eigenvalue weighted by atomic mass is 16.2. The van der Waals surface area contributed by atoms with Crippen molar-refractivity contribution in [2.75, 3.05) is 0 Å². The number of hydrogen-bond acceptors (Lipinski definition) is 2. The zero-order valence-electron chi connectivity index (χ0n) is 8.80. The minimum absolute atomic E-state index is 0.148. The lowest BCUT2D eigenvalue weighted by molar-refractivity contribution is -0.115. The molecule has 1 rings (SSSR count). The molecule has 0 saturated heterocycles. The van der Waals surface area contributed by atoms with Crippen LogP contribution in [0.4, 0.5) is 0 Å². The largest absolute Gasteiger partial charge is 0.515 e. The van der Waals surface area contributed by atoms with E-state index in [1.54, 1.807) is 0 Å². The van der Waals surface area contributed by atoms with Gasteiger partial charge in [0.2, 0.25) is 0 Å². The molecule has 0 radical (unpaired) electrons. The number of Topliss-reactive ketones (excluding diaryl/α,β-unsaturated/α-hetero) is 1. The van der Waals surface area contributed by atoms with Crippen molar-refractivity contribution in [1.82, 2.24) is 0 Å². The van der Waals surface area contributed by atoms with Crippen LogP contribution in [0.3, 0.4) is 0 Å². The molecule has 2 nitrogen and oxygen atoms in total. The van der Waals surface area contributed by atoms with Gasteiger partial charge < -0.3 is 5.11 Å². The molecule has 80 valence electrons. The van der Waals surface area contributed by atoms with Crippen molar-refractivity contribution in [1.29, 1.82) is 0 Å². The van der Waals surface area contributed by atoms with E-state index in [1.807, 2.05) is 0 Å². The van der Waals surface area contributed by atoms with Gasteiger partial charge >= 0.3 is 0 Å². The average Bonchev–Trinajstić information content (AvgIpc) is 2.24. The topological polar surface area (TPSA) is 37.3 Å². The summed E-state index contributed by atoms with van der Waals surface area (Å²) in [5.41, 5.74) is 0.631. The van der Waals surface area contributed by atoms with E-state index in [9.17, 15) is 4.79 Å². The van der Waals surface area contributed by atoms with Gasteiger partial charge in [0.05, 0.1) is 6.26 Å². The molecular weight excluding hydrogens is 176 g/mol. The van der Waals surface area contributed by atoms with Crippen molar-refractivity contribution in [2.45, 2.75) is 57.8 Å². The van der Waals surface area contributed by atoms with Crippen molar-refractivity contribution >= 4 is 5.78 Å². The first-order chi connectivity index (χ1) is 6.84. The van der Waals surface area contributed by atoms with Crippen LogP contribution in [0.1, 0.15) is 57.8 Å². The van der Waals surface area contributed by atoms with E-state index in [-0.39, 0.29) is 5.78 Å². The Morgan fingerprint density at radius 2 is 1.36 bits per heavy atom. The summed E-state index contributed by atoms with van der Waals surface area (Å²) in [5.74, 6) is 0.148. The van der Waals surface area contributed by atoms with E-state index in [4.69, 9.17) is 5.11 Å². The monoisotopic (exact) mass is 196 g/mol. The third-order valence-corrected chi connectivity index (χ3v) is 2.86. The lowest BCUT2D eigenvalue weighted by atomic mass is 10.0. The van der Waals surface area contributed by atoms with E-state index in [0.717, 1.165) is 31.9 Å². The first-order valence-electron chi connectivity index (χ1n) is 5.71. The van der Waals surface area contributed by atoms with Crippen LogP contribution in [0.25, 0.3) is 0 Å². The van der Waals surface area contributed by atoms with Gasteiger partial charge in [-0.15, -0.1) is 0 Å². The van der Waals surface area contributed by atoms with Gasteiger partial charge in [0, 0.05) is 12.0 Å². The van der Waals surface area contributed by atoms with Gasteiger partial charge in [-0.3, -0.25) is 4.79 Å². The van der Waals surface area contributed by atoms with Crippen molar-refractivity contribution in [2.24, 2.45) is 0 Å². The average molecular weight is 196 g/mol. The van der Waals surface area contributed by atoms with Gasteiger partial charge in [0.15, 0.2) is 5.78 Å². The molecule has 0 aromatic rings. The summed E-state index contributed by atoms with van der Waals surface area (Å²) in [6, 6.07) is 0. The maximum atomic E-state index is 11.5. The number of carbonyl (C=O) groups excluding carboxylic acids is 1. The number of ketones is 1. The van der Waals surface area contributed by atoms with Gasteiger partial charge in [-0.05, 0) is 19.3 Å². The fourth-order valence-corrected chi connectivity index (χ4v) is 1.92. The third kappa shape index (κ3) is 3.95. The van der Waals surface area contributed by atoms with E-state index < -0.39 is 0 Å². The molecule has 1 saturated carbocycles. The highest BCUT2D eigenvalue weighted by molar-refractivity contribution is 5.94. The highest BCUT2D eigenvalue weighted by Crippen LogP contribution is 2.17. The maximum Gasteiger partial charge on any atom is 0.161 e. The SMILES string of the molecule is O=C1CCCCCCCCCC1=CO. The Morgan fingerprint density at radius 1 is 0.857 bits per heavy atom. The fourth-order valence-electron chi connectivity index (χ4n) is 1.92. The normalized spacial score (nSPS) is 24.6. The molecule has 14 heavy (non-hydrogen) atoms. The molecule has 0 heterocycles. The van der Waals surface area contributed by atoms with Crippen molar-refractivity contribution in [3.8, 4) is 0 Å². The Balaban J connectivity index is 2.46. The molecule has 1 N–H and O–H groups in total. The number of aliphatic hydroxyl groups is 1. The van der Waals surface area contributed by atoms with Crippen LogP contribution in [0.15, 0.2) is 11.8 Å².